The maximum atomic E-state index is 4.23. The number of rotatable bonds is 1. The van der Waals surface area contributed by atoms with E-state index in [0.717, 1.165) is 17.1 Å². The van der Waals surface area contributed by atoms with Crippen LogP contribution in [0.1, 0.15) is 5.56 Å². The summed E-state index contributed by atoms with van der Waals surface area (Å²) in [6.45, 7) is 2.05. The second-order valence-electron chi connectivity index (χ2n) is 3.85. The fourth-order valence-electron chi connectivity index (χ4n) is 1.77. The van der Waals surface area contributed by atoms with Crippen LogP contribution in [0, 0.1) is 6.92 Å². The molecule has 3 rings (SSSR count). The van der Waals surface area contributed by atoms with Crippen LogP contribution < -0.4 is 5.32 Å². The van der Waals surface area contributed by atoms with Crippen molar-refractivity contribution in [1.82, 2.24) is 0 Å². The molecule has 2 aliphatic heterocycles. The van der Waals surface area contributed by atoms with E-state index in [2.05, 4.69) is 25.3 Å². The quantitative estimate of drug-likeness (QED) is 0.776. The number of benzene rings is 1. The first kappa shape index (κ1) is 9.89. The third-order valence-electron chi connectivity index (χ3n) is 2.70. The standard InChI is InChI=1S/C12H11N5/c1-8-4-2-3-5-9(8)17-12-10-11(14-6-13-10)15-7-16-12/h2-7,10H,1H3,(H,13,14,15,16,17). The molecule has 1 aromatic rings. The summed E-state index contributed by atoms with van der Waals surface area (Å²) >= 11 is 0. The number of nitrogens with one attached hydrogen (secondary N) is 1. The van der Waals surface area contributed by atoms with E-state index >= 15 is 0 Å². The molecule has 0 aliphatic carbocycles. The van der Waals surface area contributed by atoms with Gasteiger partial charge in [0.25, 0.3) is 0 Å². The highest BCUT2D eigenvalue weighted by Gasteiger charge is 2.26. The molecule has 0 bridgehead atoms. The Kier molecular flexibility index (Phi) is 2.29. The van der Waals surface area contributed by atoms with Crippen LogP contribution >= 0.6 is 0 Å². The number of hydrogen-bond acceptors (Lipinski definition) is 5. The number of aryl methyl sites for hydroxylation is 1. The molecule has 0 saturated heterocycles. The molecule has 0 spiro atoms. The highest BCUT2D eigenvalue weighted by Crippen LogP contribution is 2.16. The summed E-state index contributed by atoms with van der Waals surface area (Å²) in [5.41, 5.74) is 2.20. The molecule has 0 radical (unpaired) electrons. The Morgan fingerprint density at radius 3 is 2.88 bits per heavy atom. The minimum Gasteiger partial charge on any atom is -0.341 e. The molecule has 1 aromatic carbocycles. The van der Waals surface area contributed by atoms with Gasteiger partial charge in [-0.05, 0) is 18.6 Å². The molecule has 1 N–H and O–H groups in total. The predicted molar refractivity (Wildman–Crippen MR) is 70.4 cm³/mol. The molecule has 17 heavy (non-hydrogen) atoms. The Morgan fingerprint density at radius 2 is 2.00 bits per heavy atom. The van der Waals surface area contributed by atoms with E-state index in [4.69, 9.17) is 0 Å². The summed E-state index contributed by atoms with van der Waals surface area (Å²) in [5, 5.41) is 3.28. The van der Waals surface area contributed by atoms with Crippen molar-refractivity contribution in [2.75, 3.05) is 5.32 Å². The van der Waals surface area contributed by atoms with Gasteiger partial charge in [0.15, 0.2) is 11.9 Å². The van der Waals surface area contributed by atoms with Gasteiger partial charge in [0.1, 0.15) is 18.5 Å². The van der Waals surface area contributed by atoms with E-state index < -0.39 is 0 Å². The normalized spacial score (nSPS) is 20.9. The lowest BCUT2D eigenvalue weighted by Crippen LogP contribution is -2.33. The zero-order chi connectivity index (χ0) is 11.7. The summed E-state index contributed by atoms with van der Waals surface area (Å²) in [4.78, 5) is 16.6. The summed E-state index contributed by atoms with van der Waals surface area (Å²) in [6.07, 6.45) is 3.03. The van der Waals surface area contributed by atoms with Crippen LogP contribution in [0.4, 0.5) is 5.69 Å². The van der Waals surface area contributed by atoms with Crippen molar-refractivity contribution in [1.29, 1.82) is 0 Å². The lowest BCUT2D eigenvalue weighted by atomic mass is 10.1. The topological polar surface area (TPSA) is 61.5 Å². The second kappa shape index (κ2) is 3.93. The van der Waals surface area contributed by atoms with E-state index in [0.29, 0.717) is 5.84 Å². The third kappa shape index (κ3) is 1.75. The number of hydrogen-bond donors (Lipinski definition) is 1. The van der Waals surface area contributed by atoms with Crippen molar-refractivity contribution in [3.05, 3.63) is 29.8 Å². The molecule has 2 aliphatic rings. The molecule has 0 aromatic heterocycles. The maximum Gasteiger partial charge on any atom is 0.169 e. The van der Waals surface area contributed by atoms with Gasteiger partial charge >= 0.3 is 0 Å². The minimum atomic E-state index is -0.181. The first-order valence-corrected chi connectivity index (χ1v) is 5.37. The molecule has 2 heterocycles. The van der Waals surface area contributed by atoms with Gasteiger partial charge in [-0.3, -0.25) is 4.99 Å². The van der Waals surface area contributed by atoms with E-state index in [9.17, 15) is 0 Å². The fraction of sp³-hybridized carbons (Fsp3) is 0.167. The second-order valence-corrected chi connectivity index (χ2v) is 3.85. The van der Waals surface area contributed by atoms with E-state index in [-0.39, 0.29) is 6.04 Å². The van der Waals surface area contributed by atoms with Gasteiger partial charge in [0.05, 0.1) is 0 Å². The highest BCUT2D eigenvalue weighted by molar-refractivity contribution is 6.23. The van der Waals surface area contributed by atoms with Crippen LogP contribution in [0.25, 0.3) is 0 Å². The largest absolute Gasteiger partial charge is 0.341 e. The molecule has 0 saturated carbocycles. The van der Waals surface area contributed by atoms with Crippen molar-refractivity contribution in [3.8, 4) is 0 Å². The van der Waals surface area contributed by atoms with Crippen molar-refractivity contribution in [2.45, 2.75) is 13.0 Å². The fourth-order valence-corrected chi connectivity index (χ4v) is 1.77. The minimum absolute atomic E-state index is 0.181. The lowest BCUT2D eigenvalue weighted by molar-refractivity contribution is 1.13. The van der Waals surface area contributed by atoms with Gasteiger partial charge in [-0.15, -0.1) is 0 Å². The molecule has 0 amide bonds. The zero-order valence-electron chi connectivity index (χ0n) is 9.33. The average molecular weight is 225 g/mol. The predicted octanol–water partition coefficient (Wildman–Crippen LogP) is 1.66. The highest BCUT2D eigenvalue weighted by atomic mass is 15.2. The van der Waals surface area contributed by atoms with E-state index in [1.165, 1.54) is 12.7 Å². The Morgan fingerprint density at radius 1 is 1.12 bits per heavy atom. The van der Waals surface area contributed by atoms with Gasteiger partial charge < -0.3 is 5.32 Å². The molecule has 1 unspecified atom stereocenters. The molecular weight excluding hydrogens is 214 g/mol. The van der Waals surface area contributed by atoms with E-state index in [1.54, 1.807) is 0 Å². The van der Waals surface area contributed by atoms with Crippen LogP contribution in [0.15, 0.2) is 44.2 Å². The molecule has 5 nitrogen and oxygen atoms in total. The lowest BCUT2D eigenvalue weighted by Gasteiger charge is -2.17. The number of nitrogens with zero attached hydrogens (tertiary/aromatic N) is 4. The summed E-state index contributed by atoms with van der Waals surface area (Å²) in [5.74, 6) is 1.46. The molecule has 84 valence electrons. The monoisotopic (exact) mass is 225 g/mol. The number of para-hydroxylation sites is 1. The van der Waals surface area contributed by atoms with Crippen molar-refractivity contribution < 1.29 is 0 Å². The number of anilines is 1. The van der Waals surface area contributed by atoms with Crippen LogP contribution in [-0.2, 0) is 0 Å². The summed E-state index contributed by atoms with van der Waals surface area (Å²) < 4.78 is 0. The van der Waals surface area contributed by atoms with Gasteiger partial charge in [0, 0.05) is 5.69 Å². The number of aliphatic imine (C=N–C) groups is 4. The van der Waals surface area contributed by atoms with Crippen molar-refractivity contribution in [3.63, 3.8) is 0 Å². The van der Waals surface area contributed by atoms with Crippen molar-refractivity contribution in [2.24, 2.45) is 20.0 Å². The first-order chi connectivity index (χ1) is 8.34. The van der Waals surface area contributed by atoms with Gasteiger partial charge in [0.2, 0.25) is 0 Å². The third-order valence-corrected chi connectivity index (χ3v) is 2.70. The SMILES string of the molecule is Cc1ccccc1NC1=NC=NC2=NC=NC21. The van der Waals surface area contributed by atoms with Gasteiger partial charge in [-0.1, -0.05) is 18.2 Å². The van der Waals surface area contributed by atoms with Crippen LogP contribution in [0.2, 0.25) is 0 Å². The molecule has 5 heteroatoms. The van der Waals surface area contributed by atoms with Gasteiger partial charge in [-0.25, -0.2) is 15.0 Å². The zero-order valence-corrected chi connectivity index (χ0v) is 9.33. The molecular formula is C12H11N5. The first-order valence-electron chi connectivity index (χ1n) is 5.37. The number of fused-ring (bicyclic) bond motifs is 1. The van der Waals surface area contributed by atoms with Crippen molar-refractivity contribution >= 4 is 30.0 Å². The van der Waals surface area contributed by atoms with Gasteiger partial charge in [-0.2, -0.15) is 0 Å². The Balaban J connectivity index is 1.89. The van der Waals surface area contributed by atoms with Crippen LogP contribution in [0.5, 0.6) is 0 Å². The Bertz CT molecular complexity index is 568. The van der Waals surface area contributed by atoms with E-state index in [1.807, 2.05) is 31.2 Å². The summed E-state index contributed by atoms with van der Waals surface area (Å²) in [6, 6.07) is 7.87. The average Bonchev–Trinajstić information content (AvgIpc) is 2.81. The summed E-state index contributed by atoms with van der Waals surface area (Å²) in [7, 11) is 0. The maximum absolute atomic E-state index is 4.23. The smallest absolute Gasteiger partial charge is 0.169 e. The Hall–Kier alpha value is -2.30. The molecule has 1 atom stereocenters. The van der Waals surface area contributed by atoms with Crippen LogP contribution in [0.3, 0.4) is 0 Å². The van der Waals surface area contributed by atoms with Crippen LogP contribution in [-0.4, -0.2) is 30.4 Å². The number of amidine groups is 2. The molecule has 0 fully saturated rings. The Labute approximate surface area is 98.7 Å².